The SMILES string of the molecule is Nc1ccccc1CCN1CCN2C(=O)CCC2C1. The Hall–Kier alpha value is -1.55. The van der Waals surface area contributed by atoms with Crippen molar-refractivity contribution >= 4 is 11.6 Å². The number of anilines is 1. The molecule has 0 bridgehead atoms. The third-order valence-electron chi connectivity index (χ3n) is 4.33. The Morgan fingerprint density at radius 2 is 2.11 bits per heavy atom. The highest BCUT2D eigenvalue weighted by molar-refractivity contribution is 5.78. The van der Waals surface area contributed by atoms with Crippen LogP contribution < -0.4 is 5.73 Å². The molecule has 102 valence electrons. The Bertz CT molecular complexity index is 474. The van der Waals surface area contributed by atoms with Gasteiger partial charge >= 0.3 is 0 Å². The van der Waals surface area contributed by atoms with Crippen molar-refractivity contribution in [1.82, 2.24) is 9.80 Å². The minimum Gasteiger partial charge on any atom is -0.399 e. The van der Waals surface area contributed by atoms with E-state index in [1.165, 1.54) is 5.56 Å². The minimum atomic E-state index is 0.344. The molecule has 1 aromatic carbocycles. The van der Waals surface area contributed by atoms with E-state index in [0.717, 1.165) is 51.1 Å². The second kappa shape index (κ2) is 5.21. The van der Waals surface area contributed by atoms with Gasteiger partial charge in [-0.25, -0.2) is 0 Å². The molecule has 4 nitrogen and oxygen atoms in total. The average molecular weight is 259 g/mol. The summed E-state index contributed by atoms with van der Waals surface area (Å²) in [7, 11) is 0. The summed E-state index contributed by atoms with van der Waals surface area (Å²) in [6.07, 6.45) is 2.76. The molecule has 1 unspecified atom stereocenters. The average Bonchev–Trinajstić information content (AvgIpc) is 2.79. The molecule has 2 aliphatic rings. The van der Waals surface area contributed by atoms with Crippen molar-refractivity contribution in [2.75, 3.05) is 31.9 Å². The van der Waals surface area contributed by atoms with Crippen LogP contribution in [0.3, 0.4) is 0 Å². The number of nitrogens with zero attached hydrogens (tertiary/aromatic N) is 2. The summed E-state index contributed by atoms with van der Waals surface area (Å²) >= 11 is 0. The number of carbonyl (C=O) groups is 1. The molecule has 4 heteroatoms. The van der Waals surface area contributed by atoms with E-state index in [1.54, 1.807) is 0 Å². The topological polar surface area (TPSA) is 49.6 Å². The standard InChI is InChI=1S/C15H21N3O/c16-14-4-2-1-3-12(14)7-8-17-9-10-18-13(11-17)5-6-15(18)19/h1-4,13H,5-11,16H2. The van der Waals surface area contributed by atoms with Crippen LogP contribution in [-0.4, -0.2) is 47.9 Å². The summed E-state index contributed by atoms with van der Waals surface area (Å²) in [5.74, 6) is 0.344. The van der Waals surface area contributed by atoms with Crippen LogP contribution in [-0.2, 0) is 11.2 Å². The highest BCUT2D eigenvalue weighted by atomic mass is 16.2. The first kappa shape index (κ1) is 12.5. The molecule has 0 saturated carbocycles. The fourth-order valence-electron chi connectivity index (χ4n) is 3.17. The van der Waals surface area contributed by atoms with Crippen molar-refractivity contribution in [3.05, 3.63) is 29.8 Å². The molecule has 0 radical (unpaired) electrons. The van der Waals surface area contributed by atoms with Gasteiger partial charge < -0.3 is 10.6 Å². The largest absolute Gasteiger partial charge is 0.399 e. The first-order chi connectivity index (χ1) is 9.24. The normalized spacial score (nSPS) is 23.7. The highest BCUT2D eigenvalue weighted by Gasteiger charge is 2.35. The molecular formula is C15H21N3O. The molecule has 0 aromatic heterocycles. The lowest BCUT2D eigenvalue weighted by Gasteiger charge is -2.37. The van der Waals surface area contributed by atoms with Gasteiger partial charge in [-0.15, -0.1) is 0 Å². The lowest BCUT2D eigenvalue weighted by molar-refractivity contribution is -0.130. The molecule has 1 atom stereocenters. The number of piperazine rings is 1. The second-order valence-electron chi connectivity index (χ2n) is 5.53. The quantitative estimate of drug-likeness (QED) is 0.828. The van der Waals surface area contributed by atoms with Crippen LogP contribution in [0.2, 0.25) is 0 Å². The van der Waals surface area contributed by atoms with Gasteiger partial charge in [-0.05, 0) is 24.5 Å². The summed E-state index contributed by atoms with van der Waals surface area (Å²) in [4.78, 5) is 16.2. The predicted molar refractivity (Wildman–Crippen MR) is 75.7 cm³/mol. The number of fused-ring (bicyclic) bond motifs is 1. The zero-order chi connectivity index (χ0) is 13.2. The van der Waals surface area contributed by atoms with E-state index in [1.807, 2.05) is 18.2 Å². The minimum absolute atomic E-state index is 0.344. The van der Waals surface area contributed by atoms with Gasteiger partial charge in [-0.3, -0.25) is 9.69 Å². The summed E-state index contributed by atoms with van der Waals surface area (Å²) in [6.45, 7) is 3.95. The zero-order valence-corrected chi connectivity index (χ0v) is 11.2. The van der Waals surface area contributed by atoms with Crippen molar-refractivity contribution in [3.8, 4) is 0 Å². The van der Waals surface area contributed by atoms with Gasteiger partial charge in [0, 0.05) is 44.3 Å². The van der Waals surface area contributed by atoms with E-state index in [-0.39, 0.29) is 0 Å². The molecule has 2 fully saturated rings. The van der Waals surface area contributed by atoms with Crippen LogP contribution in [0.4, 0.5) is 5.69 Å². The van der Waals surface area contributed by atoms with E-state index in [2.05, 4.69) is 15.9 Å². The van der Waals surface area contributed by atoms with Gasteiger partial charge in [-0.2, -0.15) is 0 Å². The van der Waals surface area contributed by atoms with Gasteiger partial charge in [0.05, 0.1) is 0 Å². The molecule has 19 heavy (non-hydrogen) atoms. The van der Waals surface area contributed by atoms with Crippen LogP contribution in [0, 0.1) is 0 Å². The smallest absolute Gasteiger partial charge is 0.222 e. The van der Waals surface area contributed by atoms with E-state index in [9.17, 15) is 4.79 Å². The molecule has 2 saturated heterocycles. The Balaban J connectivity index is 1.55. The molecule has 2 aliphatic heterocycles. The number of rotatable bonds is 3. The van der Waals surface area contributed by atoms with Crippen molar-refractivity contribution in [1.29, 1.82) is 0 Å². The first-order valence-corrected chi connectivity index (χ1v) is 7.09. The highest BCUT2D eigenvalue weighted by Crippen LogP contribution is 2.23. The van der Waals surface area contributed by atoms with Crippen molar-refractivity contribution < 1.29 is 4.79 Å². The number of carbonyl (C=O) groups excluding carboxylic acids is 1. The monoisotopic (exact) mass is 259 g/mol. The van der Waals surface area contributed by atoms with E-state index < -0.39 is 0 Å². The van der Waals surface area contributed by atoms with Crippen LogP contribution >= 0.6 is 0 Å². The van der Waals surface area contributed by atoms with E-state index in [0.29, 0.717) is 11.9 Å². The third kappa shape index (κ3) is 2.59. The number of nitrogen functional groups attached to an aromatic ring is 1. The summed E-state index contributed by atoms with van der Waals surface area (Å²) in [5, 5.41) is 0. The summed E-state index contributed by atoms with van der Waals surface area (Å²) < 4.78 is 0. The summed E-state index contributed by atoms with van der Waals surface area (Å²) in [5.41, 5.74) is 8.08. The molecule has 1 amide bonds. The van der Waals surface area contributed by atoms with E-state index in [4.69, 9.17) is 5.73 Å². The Kier molecular flexibility index (Phi) is 3.42. The number of hydrogen-bond acceptors (Lipinski definition) is 3. The van der Waals surface area contributed by atoms with E-state index >= 15 is 0 Å². The zero-order valence-electron chi connectivity index (χ0n) is 11.2. The van der Waals surface area contributed by atoms with Crippen LogP contribution in [0.5, 0.6) is 0 Å². The molecule has 2 heterocycles. The first-order valence-electron chi connectivity index (χ1n) is 7.09. The molecule has 0 spiro atoms. The summed E-state index contributed by atoms with van der Waals surface area (Å²) in [6, 6.07) is 8.53. The second-order valence-corrected chi connectivity index (χ2v) is 5.53. The van der Waals surface area contributed by atoms with Gasteiger partial charge in [0.1, 0.15) is 0 Å². The molecule has 3 rings (SSSR count). The van der Waals surface area contributed by atoms with Gasteiger partial charge in [0.15, 0.2) is 0 Å². The maximum Gasteiger partial charge on any atom is 0.222 e. The lowest BCUT2D eigenvalue weighted by Crippen LogP contribution is -2.51. The van der Waals surface area contributed by atoms with Crippen LogP contribution in [0.25, 0.3) is 0 Å². The van der Waals surface area contributed by atoms with Crippen LogP contribution in [0.15, 0.2) is 24.3 Å². The van der Waals surface area contributed by atoms with Gasteiger partial charge in [0.2, 0.25) is 5.91 Å². The maximum atomic E-state index is 11.6. The van der Waals surface area contributed by atoms with Crippen molar-refractivity contribution in [2.45, 2.75) is 25.3 Å². The number of para-hydroxylation sites is 1. The third-order valence-corrected chi connectivity index (χ3v) is 4.33. The van der Waals surface area contributed by atoms with Crippen molar-refractivity contribution in [3.63, 3.8) is 0 Å². The number of benzene rings is 1. The number of nitrogens with two attached hydrogens (primary N) is 1. The predicted octanol–water partition coefficient (Wildman–Crippen LogP) is 1.12. The van der Waals surface area contributed by atoms with Gasteiger partial charge in [0.25, 0.3) is 0 Å². The molecule has 2 N–H and O–H groups in total. The molecule has 0 aliphatic carbocycles. The lowest BCUT2D eigenvalue weighted by atomic mass is 10.1. The number of hydrogen-bond donors (Lipinski definition) is 1. The Morgan fingerprint density at radius 1 is 1.26 bits per heavy atom. The Morgan fingerprint density at radius 3 is 2.95 bits per heavy atom. The maximum absolute atomic E-state index is 11.6. The molecular weight excluding hydrogens is 238 g/mol. The van der Waals surface area contributed by atoms with Crippen LogP contribution in [0.1, 0.15) is 18.4 Å². The van der Waals surface area contributed by atoms with Gasteiger partial charge in [-0.1, -0.05) is 18.2 Å². The number of amides is 1. The fraction of sp³-hybridized carbons (Fsp3) is 0.533. The fourth-order valence-corrected chi connectivity index (χ4v) is 3.17. The van der Waals surface area contributed by atoms with Crippen molar-refractivity contribution in [2.24, 2.45) is 0 Å². The Labute approximate surface area is 114 Å². The molecule has 1 aromatic rings.